The van der Waals surface area contributed by atoms with Crippen molar-refractivity contribution in [1.82, 2.24) is 10.5 Å². The minimum Gasteiger partial charge on any atom is -0.387 e. The highest BCUT2D eigenvalue weighted by molar-refractivity contribution is 5.91. The number of hydrogen-bond acceptors (Lipinski definition) is 4. The Bertz CT molecular complexity index is 468. The van der Waals surface area contributed by atoms with E-state index in [2.05, 4.69) is 15.0 Å². The number of nitrogens with one attached hydrogen (secondary N) is 1. The van der Waals surface area contributed by atoms with Crippen molar-refractivity contribution in [2.45, 2.75) is 6.10 Å². The monoisotopic (exact) mass is 232 g/mol. The Balaban J connectivity index is 1.89. The average Bonchev–Trinajstić information content (AvgIpc) is 2.90. The van der Waals surface area contributed by atoms with Crippen LogP contribution in [0.15, 0.2) is 47.2 Å². The first kappa shape index (κ1) is 11.3. The van der Waals surface area contributed by atoms with E-state index >= 15 is 0 Å². The number of aliphatic hydroxyl groups is 1. The molecule has 0 aliphatic carbocycles. The highest BCUT2D eigenvalue weighted by Gasteiger charge is 2.12. The summed E-state index contributed by atoms with van der Waals surface area (Å²) in [6, 6.07) is 10.6. The van der Waals surface area contributed by atoms with E-state index in [1.807, 2.05) is 18.2 Å². The number of rotatable bonds is 4. The van der Waals surface area contributed by atoms with Crippen LogP contribution < -0.4 is 5.32 Å². The van der Waals surface area contributed by atoms with E-state index in [1.165, 1.54) is 12.3 Å². The van der Waals surface area contributed by atoms with Crippen molar-refractivity contribution < 1.29 is 14.4 Å². The van der Waals surface area contributed by atoms with Gasteiger partial charge in [0.2, 0.25) is 0 Å². The summed E-state index contributed by atoms with van der Waals surface area (Å²) in [4.78, 5) is 11.5. The number of benzene rings is 1. The smallest absolute Gasteiger partial charge is 0.273 e. The van der Waals surface area contributed by atoms with Crippen LogP contribution in [0.3, 0.4) is 0 Å². The van der Waals surface area contributed by atoms with Gasteiger partial charge in [0.25, 0.3) is 5.91 Å². The molecule has 0 saturated carbocycles. The van der Waals surface area contributed by atoms with Crippen LogP contribution in [0.2, 0.25) is 0 Å². The van der Waals surface area contributed by atoms with E-state index in [0.29, 0.717) is 0 Å². The van der Waals surface area contributed by atoms with Gasteiger partial charge in [-0.25, -0.2) is 0 Å². The molecule has 0 aliphatic rings. The van der Waals surface area contributed by atoms with Crippen LogP contribution in [0.5, 0.6) is 0 Å². The Morgan fingerprint density at radius 1 is 1.35 bits per heavy atom. The quantitative estimate of drug-likeness (QED) is 0.828. The predicted molar refractivity (Wildman–Crippen MR) is 60.2 cm³/mol. The third kappa shape index (κ3) is 2.92. The number of aromatic nitrogens is 1. The second kappa shape index (κ2) is 5.27. The van der Waals surface area contributed by atoms with E-state index < -0.39 is 6.10 Å². The van der Waals surface area contributed by atoms with Crippen LogP contribution in [0.1, 0.15) is 22.2 Å². The predicted octanol–water partition coefficient (Wildman–Crippen LogP) is 1.14. The molecule has 5 heteroatoms. The highest BCUT2D eigenvalue weighted by atomic mass is 16.5. The highest BCUT2D eigenvalue weighted by Crippen LogP contribution is 2.10. The molecule has 2 aromatic rings. The standard InChI is InChI=1S/C12H12N2O3/c15-11(9-4-2-1-3-5-9)8-13-12(16)10-6-7-17-14-10/h1-7,11,15H,8H2,(H,13,16). The Morgan fingerprint density at radius 2 is 2.12 bits per heavy atom. The van der Waals surface area contributed by atoms with Crippen LogP contribution in [-0.2, 0) is 0 Å². The number of amides is 1. The molecule has 1 atom stereocenters. The van der Waals surface area contributed by atoms with Crippen molar-refractivity contribution in [3.8, 4) is 0 Å². The average molecular weight is 232 g/mol. The van der Waals surface area contributed by atoms with Gasteiger partial charge in [-0.15, -0.1) is 0 Å². The first-order valence-corrected chi connectivity index (χ1v) is 5.19. The molecule has 88 valence electrons. The molecule has 0 bridgehead atoms. The summed E-state index contributed by atoms with van der Waals surface area (Å²) >= 11 is 0. The molecule has 5 nitrogen and oxygen atoms in total. The molecule has 17 heavy (non-hydrogen) atoms. The molecule has 0 fully saturated rings. The molecule has 1 heterocycles. The third-order valence-corrected chi connectivity index (χ3v) is 2.31. The fourth-order valence-corrected chi connectivity index (χ4v) is 1.40. The van der Waals surface area contributed by atoms with Gasteiger partial charge in [0, 0.05) is 12.6 Å². The van der Waals surface area contributed by atoms with Crippen LogP contribution in [0, 0.1) is 0 Å². The maximum Gasteiger partial charge on any atom is 0.273 e. The lowest BCUT2D eigenvalue weighted by molar-refractivity contribution is 0.0907. The lowest BCUT2D eigenvalue weighted by Crippen LogP contribution is -2.28. The van der Waals surface area contributed by atoms with E-state index in [9.17, 15) is 9.90 Å². The second-order valence-electron chi connectivity index (χ2n) is 3.52. The van der Waals surface area contributed by atoms with Crippen molar-refractivity contribution in [2.75, 3.05) is 6.54 Å². The minimum absolute atomic E-state index is 0.135. The summed E-state index contributed by atoms with van der Waals surface area (Å²) in [5.41, 5.74) is 0.957. The lowest BCUT2D eigenvalue weighted by atomic mass is 10.1. The molecule has 0 spiro atoms. The molecular weight excluding hydrogens is 220 g/mol. The van der Waals surface area contributed by atoms with Gasteiger partial charge in [0.15, 0.2) is 5.69 Å². The van der Waals surface area contributed by atoms with Gasteiger partial charge in [-0.3, -0.25) is 4.79 Å². The van der Waals surface area contributed by atoms with E-state index in [-0.39, 0.29) is 18.1 Å². The third-order valence-electron chi connectivity index (χ3n) is 2.31. The zero-order valence-corrected chi connectivity index (χ0v) is 9.04. The van der Waals surface area contributed by atoms with Gasteiger partial charge < -0.3 is 14.9 Å². The number of carbonyl (C=O) groups is 1. The Labute approximate surface area is 98.1 Å². The van der Waals surface area contributed by atoms with Crippen molar-refractivity contribution in [3.05, 3.63) is 53.9 Å². The van der Waals surface area contributed by atoms with Gasteiger partial charge in [0.1, 0.15) is 6.26 Å². The second-order valence-corrected chi connectivity index (χ2v) is 3.52. The number of aliphatic hydroxyl groups excluding tert-OH is 1. The summed E-state index contributed by atoms with van der Waals surface area (Å²) in [7, 11) is 0. The SMILES string of the molecule is O=C(NCC(O)c1ccccc1)c1ccon1. The van der Waals surface area contributed by atoms with Crippen LogP contribution in [0.4, 0.5) is 0 Å². The van der Waals surface area contributed by atoms with Crippen molar-refractivity contribution >= 4 is 5.91 Å². The molecule has 1 unspecified atom stereocenters. The van der Waals surface area contributed by atoms with Crippen LogP contribution in [0.25, 0.3) is 0 Å². The summed E-state index contributed by atoms with van der Waals surface area (Å²) in [5.74, 6) is -0.367. The molecule has 0 saturated heterocycles. The molecule has 2 N–H and O–H groups in total. The maximum atomic E-state index is 11.5. The van der Waals surface area contributed by atoms with Crippen molar-refractivity contribution in [3.63, 3.8) is 0 Å². The Morgan fingerprint density at radius 3 is 2.76 bits per heavy atom. The molecule has 0 aliphatic heterocycles. The fraction of sp³-hybridized carbons (Fsp3) is 0.167. The number of hydrogen-bond donors (Lipinski definition) is 2. The maximum absolute atomic E-state index is 11.5. The molecular formula is C12H12N2O3. The van der Waals surface area contributed by atoms with Gasteiger partial charge in [0.05, 0.1) is 6.10 Å². The number of nitrogens with zero attached hydrogens (tertiary/aromatic N) is 1. The first-order valence-electron chi connectivity index (χ1n) is 5.19. The van der Waals surface area contributed by atoms with E-state index in [0.717, 1.165) is 5.56 Å². The molecule has 0 radical (unpaired) electrons. The van der Waals surface area contributed by atoms with Crippen molar-refractivity contribution in [1.29, 1.82) is 0 Å². The number of carbonyl (C=O) groups excluding carboxylic acids is 1. The molecule has 1 aromatic carbocycles. The fourth-order valence-electron chi connectivity index (χ4n) is 1.40. The summed E-state index contributed by atoms with van der Waals surface area (Å²) in [5, 5.41) is 15.9. The first-order chi connectivity index (χ1) is 8.27. The van der Waals surface area contributed by atoms with Gasteiger partial charge in [-0.2, -0.15) is 0 Å². The molecule has 1 aromatic heterocycles. The normalized spacial score (nSPS) is 12.1. The Hall–Kier alpha value is -2.14. The zero-order valence-electron chi connectivity index (χ0n) is 9.04. The van der Waals surface area contributed by atoms with Crippen molar-refractivity contribution in [2.24, 2.45) is 0 Å². The van der Waals surface area contributed by atoms with Crippen LogP contribution >= 0.6 is 0 Å². The van der Waals surface area contributed by atoms with Gasteiger partial charge in [-0.05, 0) is 5.56 Å². The largest absolute Gasteiger partial charge is 0.387 e. The Kier molecular flexibility index (Phi) is 3.52. The molecule has 1 amide bonds. The van der Waals surface area contributed by atoms with E-state index in [1.54, 1.807) is 12.1 Å². The summed E-state index contributed by atoms with van der Waals surface area (Å²) in [6.07, 6.45) is 0.592. The summed E-state index contributed by atoms with van der Waals surface area (Å²) < 4.78 is 4.55. The van der Waals surface area contributed by atoms with Gasteiger partial charge in [-0.1, -0.05) is 35.5 Å². The lowest BCUT2D eigenvalue weighted by Gasteiger charge is -2.11. The molecule has 2 rings (SSSR count). The zero-order chi connectivity index (χ0) is 12.1. The topological polar surface area (TPSA) is 75.4 Å². The van der Waals surface area contributed by atoms with E-state index in [4.69, 9.17) is 0 Å². The van der Waals surface area contributed by atoms with Gasteiger partial charge >= 0.3 is 0 Å². The summed E-state index contributed by atoms with van der Waals surface area (Å²) in [6.45, 7) is 0.135. The van der Waals surface area contributed by atoms with Crippen LogP contribution in [-0.4, -0.2) is 22.7 Å². The minimum atomic E-state index is -0.730.